The Morgan fingerprint density at radius 3 is 1.86 bits per heavy atom. The van der Waals surface area contributed by atoms with E-state index in [1.807, 2.05) is 24.3 Å². The van der Waals surface area contributed by atoms with Crippen molar-refractivity contribution in [1.82, 2.24) is 9.13 Å². The van der Waals surface area contributed by atoms with Gasteiger partial charge in [-0.1, -0.05) is 62.4 Å². The Labute approximate surface area is 257 Å². The number of ether oxygens (including phenoxy) is 2. The number of hydrogen-bond acceptors (Lipinski definition) is 2. The molecule has 0 bridgehead atoms. The molecule has 0 unspecified atom stereocenters. The quantitative estimate of drug-likeness (QED) is 0.199. The van der Waals surface area contributed by atoms with Crippen molar-refractivity contribution in [3.63, 3.8) is 0 Å². The smallest absolute Gasteiger partial charge is 0.287 e. The SMILES string of the molecule is Cc1n2c(c[n+]1C)-c1ccccc1Oc1cccc(C=Cc3n4c(c[n+]3C)-c3ccccc3Oc3cccc(C(C)C)c3-4)c1-2. The van der Waals surface area contributed by atoms with Gasteiger partial charge in [-0.15, -0.1) is 0 Å². The van der Waals surface area contributed by atoms with Crippen molar-refractivity contribution >= 4 is 12.2 Å². The van der Waals surface area contributed by atoms with E-state index in [1.165, 1.54) is 5.56 Å². The van der Waals surface area contributed by atoms with Crippen molar-refractivity contribution < 1.29 is 18.6 Å². The summed E-state index contributed by atoms with van der Waals surface area (Å²) in [6, 6.07) is 29.2. The predicted molar refractivity (Wildman–Crippen MR) is 173 cm³/mol. The standard InChI is InChI=1S/C38H34N4O2/c1-24(2)27-15-11-19-35-38(27)42-31(29-14-7-9-17-33(29)44-35)23-40(5)36(42)21-20-26-12-10-18-34-37(26)41-25(3)39(4)22-30(41)28-13-6-8-16-32(28)43-34/h6-24H,1-5H3/q+2. The second-order valence-corrected chi connectivity index (χ2v) is 11.9. The van der Waals surface area contributed by atoms with Crippen LogP contribution in [-0.4, -0.2) is 9.13 Å². The van der Waals surface area contributed by atoms with Crippen LogP contribution in [0.3, 0.4) is 0 Å². The maximum atomic E-state index is 6.59. The second kappa shape index (κ2) is 9.85. The van der Waals surface area contributed by atoms with Gasteiger partial charge in [-0.3, -0.25) is 0 Å². The van der Waals surface area contributed by atoms with Gasteiger partial charge >= 0.3 is 0 Å². The molecule has 4 heterocycles. The van der Waals surface area contributed by atoms with E-state index < -0.39 is 0 Å². The molecule has 216 valence electrons. The van der Waals surface area contributed by atoms with Gasteiger partial charge in [0.05, 0.1) is 25.2 Å². The van der Waals surface area contributed by atoms with Gasteiger partial charge in [0, 0.05) is 24.1 Å². The predicted octanol–water partition coefficient (Wildman–Crippen LogP) is 8.06. The molecule has 0 spiro atoms. The summed E-state index contributed by atoms with van der Waals surface area (Å²) < 4.78 is 22.2. The summed E-state index contributed by atoms with van der Waals surface area (Å²) >= 11 is 0. The van der Waals surface area contributed by atoms with Crippen LogP contribution in [0, 0.1) is 6.92 Å². The fourth-order valence-electron chi connectivity index (χ4n) is 6.60. The van der Waals surface area contributed by atoms with Gasteiger partial charge in [0.15, 0.2) is 34.3 Å². The average molecular weight is 579 g/mol. The highest BCUT2D eigenvalue weighted by molar-refractivity contribution is 5.81. The van der Waals surface area contributed by atoms with E-state index in [1.54, 1.807) is 0 Å². The first kappa shape index (κ1) is 26.3. The zero-order valence-electron chi connectivity index (χ0n) is 25.6. The van der Waals surface area contributed by atoms with Crippen LogP contribution in [0.1, 0.15) is 42.5 Å². The van der Waals surface area contributed by atoms with Crippen LogP contribution in [0.25, 0.3) is 46.0 Å². The molecule has 8 rings (SSSR count). The van der Waals surface area contributed by atoms with E-state index in [0.717, 1.165) is 74.1 Å². The summed E-state index contributed by atoms with van der Waals surface area (Å²) in [6.07, 6.45) is 8.80. The third-order valence-electron chi connectivity index (χ3n) is 8.85. The van der Waals surface area contributed by atoms with Crippen molar-refractivity contribution in [1.29, 1.82) is 0 Å². The minimum absolute atomic E-state index is 0.312. The van der Waals surface area contributed by atoms with Crippen LogP contribution in [0.2, 0.25) is 0 Å². The number of nitrogens with zero attached hydrogens (tertiary/aromatic N) is 4. The lowest BCUT2D eigenvalue weighted by atomic mass is 10.00. The number of hydrogen-bond donors (Lipinski definition) is 0. The molecule has 2 aromatic heterocycles. The summed E-state index contributed by atoms with van der Waals surface area (Å²) in [5.74, 6) is 5.86. The molecule has 0 amide bonds. The summed E-state index contributed by atoms with van der Waals surface area (Å²) in [6.45, 7) is 6.62. The second-order valence-electron chi connectivity index (χ2n) is 11.9. The Morgan fingerprint density at radius 1 is 0.614 bits per heavy atom. The molecule has 0 saturated heterocycles. The first-order chi connectivity index (χ1) is 21.4. The number of aryl methyl sites for hydroxylation is 2. The molecule has 6 heteroatoms. The Kier molecular flexibility index (Phi) is 5.88. The highest BCUT2D eigenvalue weighted by Gasteiger charge is 2.34. The first-order valence-electron chi connectivity index (χ1n) is 15.1. The number of fused-ring (bicyclic) bond motifs is 10. The number of para-hydroxylation sites is 4. The zero-order chi connectivity index (χ0) is 30.1. The topological polar surface area (TPSA) is 36.1 Å². The molecular formula is C38H34N4O2+2. The zero-order valence-corrected chi connectivity index (χ0v) is 25.6. The summed E-state index contributed by atoms with van der Waals surface area (Å²) in [5, 5.41) is 0. The summed E-state index contributed by atoms with van der Waals surface area (Å²) in [7, 11) is 4.21. The number of imidazole rings is 2. The molecule has 0 radical (unpaired) electrons. The maximum Gasteiger partial charge on any atom is 0.287 e. The number of benzene rings is 4. The Bertz CT molecular complexity index is 2150. The molecule has 0 aliphatic carbocycles. The highest BCUT2D eigenvalue weighted by atomic mass is 16.5. The van der Waals surface area contributed by atoms with E-state index in [0.29, 0.717) is 5.92 Å². The van der Waals surface area contributed by atoms with Crippen LogP contribution >= 0.6 is 0 Å². The first-order valence-corrected chi connectivity index (χ1v) is 15.1. The van der Waals surface area contributed by atoms with Gasteiger partial charge in [-0.25, -0.2) is 9.13 Å². The monoisotopic (exact) mass is 578 g/mol. The van der Waals surface area contributed by atoms with Crippen LogP contribution in [0.15, 0.2) is 97.3 Å². The van der Waals surface area contributed by atoms with Crippen molar-refractivity contribution in [3.05, 3.63) is 120 Å². The maximum absolute atomic E-state index is 6.59. The van der Waals surface area contributed by atoms with Crippen LogP contribution in [0.5, 0.6) is 23.0 Å². The van der Waals surface area contributed by atoms with Crippen molar-refractivity contribution in [2.45, 2.75) is 26.7 Å². The fourth-order valence-corrected chi connectivity index (χ4v) is 6.60. The van der Waals surface area contributed by atoms with Crippen LogP contribution in [-0.2, 0) is 14.1 Å². The van der Waals surface area contributed by atoms with Crippen LogP contribution < -0.4 is 18.6 Å². The summed E-state index contributed by atoms with van der Waals surface area (Å²) in [4.78, 5) is 0. The van der Waals surface area contributed by atoms with E-state index in [2.05, 4.69) is 138 Å². The molecule has 4 aromatic carbocycles. The molecule has 0 N–H and O–H groups in total. The highest BCUT2D eigenvalue weighted by Crippen LogP contribution is 2.45. The molecule has 2 aliphatic heterocycles. The van der Waals surface area contributed by atoms with Crippen molar-refractivity contribution in [2.75, 3.05) is 0 Å². The van der Waals surface area contributed by atoms with Gasteiger partial charge in [-0.2, -0.15) is 9.13 Å². The largest absolute Gasteiger partial charge is 0.452 e. The normalized spacial score (nSPS) is 12.7. The number of aromatic nitrogens is 4. The molecule has 44 heavy (non-hydrogen) atoms. The van der Waals surface area contributed by atoms with Gasteiger partial charge in [0.2, 0.25) is 0 Å². The molecule has 0 saturated carbocycles. The van der Waals surface area contributed by atoms with E-state index in [-0.39, 0.29) is 0 Å². The third kappa shape index (κ3) is 3.87. The van der Waals surface area contributed by atoms with E-state index in [4.69, 9.17) is 9.47 Å². The lowest BCUT2D eigenvalue weighted by molar-refractivity contribution is -0.676. The van der Waals surface area contributed by atoms with Gasteiger partial charge in [-0.05, 0) is 48.4 Å². The van der Waals surface area contributed by atoms with Crippen LogP contribution in [0.4, 0.5) is 0 Å². The number of rotatable bonds is 3. The lowest BCUT2D eigenvalue weighted by Crippen LogP contribution is -2.30. The third-order valence-corrected chi connectivity index (χ3v) is 8.85. The molecule has 2 aliphatic rings. The fraction of sp³-hybridized carbons (Fsp3) is 0.158. The minimum Gasteiger partial charge on any atom is -0.452 e. The molecule has 6 aromatic rings. The van der Waals surface area contributed by atoms with Gasteiger partial charge < -0.3 is 9.47 Å². The minimum atomic E-state index is 0.312. The lowest BCUT2D eigenvalue weighted by Gasteiger charge is -2.14. The van der Waals surface area contributed by atoms with Gasteiger partial charge in [0.25, 0.3) is 11.6 Å². The average Bonchev–Trinajstić information content (AvgIpc) is 3.39. The van der Waals surface area contributed by atoms with E-state index in [9.17, 15) is 0 Å². The van der Waals surface area contributed by atoms with E-state index >= 15 is 0 Å². The van der Waals surface area contributed by atoms with Crippen molar-refractivity contribution in [2.24, 2.45) is 14.1 Å². The van der Waals surface area contributed by atoms with Crippen molar-refractivity contribution in [3.8, 4) is 56.9 Å². The van der Waals surface area contributed by atoms with Gasteiger partial charge in [0.1, 0.15) is 23.9 Å². The molecule has 0 atom stereocenters. The Balaban J connectivity index is 1.36. The molecule has 0 fully saturated rings. The Morgan fingerprint density at radius 2 is 1.18 bits per heavy atom. The summed E-state index contributed by atoms with van der Waals surface area (Å²) in [5.41, 5.74) is 8.74. The molecular weight excluding hydrogens is 544 g/mol. The molecule has 6 nitrogen and oxygen atoms in total. The Hall–Kier alpha value is -5.36.